The Balaban J connectivity index is 1.06. The standard InChI is InChI=1S/C44H74N4O4/c1-6-8-10-13-34-26-40(52-39(34)30-45(7-2)18-19-47-22-24-48(25-23-47)21-20-46-16-11-9-12-17-46)43-29-36-33(5)14-15-37(36)42(31-49)28-35(43)27-38(32(3)4)44(42,43)41(50)51/h27,31-37,39-40H,6-26,28-30H2,1-5H3,(H,50,51)/t33-,34-,35?,36-,37-,39+,40-,42?,43?,44+/m1/s1. The van der Waals surface area contributed by atoms with Gasteiger partial charge in [0.15, 0.2) is 0 Å². The molecular formula is C44H74N4O4. The summed E-state index contributed by atoms with van der Waals surface area (Å²) in [6.07, 6.45) is 17.1. The summed E-state index contributed by atoms with van der Waals surface area (Å²) in [6.45, 7) is 25.0. The maximum absolute atomic E-state index is 14.2. The van der Waals surface area contributed by atoms with Crippen LogP contribution in [0.25, 0.3) is 0 Å². The maximum Gasteiger partial charge on any atom is 0.315 e. The van der Waals surface area contributed by atoms with Gasteiger partial charge in [0.2, 0.25) is 0 Å². The van der Waals surface area contributed by atoms with Gasteiger partial charge < -0.3 is 19.5 Å². The van der Waals surface area contributed by atoms with Crippen LogP contribution >= 0.6 is 0 Å². The van der Waals surface area contributed by atoms with Crippen molar-refractivity contribution in [1.29, 1.82) is 0 Å². The predicted octanol–water partition coefficient (Wildman–Crippen LogP) is 6.69. The van der Waals surface area contributed by atoms with E-state index in [0.717, 1.165) is 76.9 Å². The van der Waals surface area contributed by atoms with Crippen LogP contribution in [0.15, 0.2) is 11.6 Å². The maximum atomic E-state index is 14.2. The molecule has 8 heteroatoms. The second kappa shape index (κ2) is 16.0. The van der Waals surface area contributed by atoms with Gasteiger partial charge in [-0.25, -0.2) is 0 Å². The number of carbonyl (C=O) groups is 2. The molecule has 4 aliphatic carbocycles. The van der Waals surface area contributed by atoms with E-state index in [4.69, 9.17) is 4.74 Å². The molecule has 8 nitrogen and oxygen atoms in total. The largest absolute Gasteiger partial charge is 0.481 e. The van der Waals surface area contributed by atoms with Crippen LogP contribution < -0.4 is 0 Å². The number of rotatable bonds is 17. The molecule has 7 aliphatic rings. The second-order valence-corrected chi connectivity index (χ2v) is 19.0. The fraction of sp³-hybridized carbons (Fsp3) is 0.909. The summed E-state index contributed by atoms with van der Waals surface area (Å²) in [7, 11) is 0. The van der Waals surface area contributed by atoms with Gasteiger partial charge in [-0.1, -0.05) is 78.4 Å². The van der Waals surface area contributed by atoms with Gasteiger partial charge in [0.25, 0.3) is 0 Å². The van der Waals surface area contributed by atoms with E-state index in [1.54, 1.807) is 0 Å². The van der Waals surface area contributed by atoms with Crippen LogP contribution in [0.4, 0.5) is 0 Å². The topological polar surface area (TPSA) is 76.6 Å². The summed E-state index contributed by atoms with van der Waals surface area (Å²) in [5, 5.41) is 11.6. The second-order valence-electron chi connectivity index (χ2n) is 19.0. The summed E-state index contributed by atoms with van der Waals surface area (Å²) < 4.78 is 7.46. The fourth-order valence-corrected chi connectivity index (χ4v) is 13.8. The Kier molecular flexibility index (Phi) is 12.0. The number of fused-ring (bicyclic) bond motifs is 2. The van der Waals surface area contributed by atoms with Gasteiger partial charge in [-0.2, -0.15) is 0 Å². The van der Waals surface area contributed by atoms with Crippen molar-refractivity contribution in [2.45, 2.75) is 124 Å². The zero-order valence-corrected chi connectivity index (χ0v) is 33.7. The monoisotopic (exact) mass is 723 g/mol. The van der Waals surface area contributed by atoms with Crippen LogP contribution in [0, 0.1) is 51.8 Å². The highest BCUT2D eigenvalue weighted by molar-refractivity contribution is 5.90. The number of hydrogen-bond donors (Lipinski definition) is 1. The first-order valence-corrected chi connectivity index (χ1v) is 22.1. The molecule has 3 saturated carbocycles. The molecule has 0 aromatic rings. The number of nitrogens with zero attached hydrogens (tertiary/aromatic N) is 4. The van der Waals surface area contributed by atoms with Gasteiger partial charge in [-0.15, -0.1) is 0 Å². The van der Waals surface area contributed by atoms with E-state index in [1.165, 1.54) is 84.1 Å². The minimum Gasteiger partial charge on any atom is -0.481 e. The molecular weight excluding hydrogens is 649 g/mol. The smallest absolute Gasteiger partial charge is 0.315 e. The van der Waals surface area contributed by atoms with Gasteiger partial charge in [0.05, 0.1) is 17.6 Å². The third-order valence-electron chi connectivity index (χ3n) is 16.4. The molecule has 0 aromatic carbocycles. The number of carboxylic acids is 1. The van der Waals surface area contributed by atoms with Gasteiger partial charge in [-0.3, -0.25) is 19.5 Å². The first-order chi connectivity index (χ1) is 25.1. The van der Waals surface area contributed by atoms with Crippen molar-refractivity contribution in [3.63, 3.8) is 0 Å². The molecule has 10 atom stereocenters. The lowest BCUT2D eigenvalue weighted by Gasteiger charge is -2.60. The zero-order chi connectivity index (χ0) is 36.7. The predicted molar refractivity (Wildman–Crippen MR) is 208 cm³/mol. The summed E-state index contributed by atoms with van der Waals surface area (Å²) in [4.78, 5) is 38.5. The van der Waals surface area contributed by atoms with E-state index in [1.807, 2.05) is 0 Å². The Hall–Kier alpha value is -1.32. The Morgan fingerprint density at radius 2 is 1.67 bits per heavy atom. The molecule has 3 heterocycles. The van der Waals surface area contributed by atoms with Crippen LogP contribution in [0.3, 0.4) is 0 Å². The third kappa shape index (κ3) is 6.38. The first kappa shape index (κ1) is 38.9. The van der Waals surface area contributed by atoms with Crippen LogP contribution in [-0.2, 0) is 14.3 Å². The van der Waals surface area contributed by atoms with E-state index in [0.29, 0.717) is 24.2 Å². The fourth-order valence-electron chi connectivity index (χ4n) is 13.8. The number of likely N-dealkylation sites (tertiary alicyclic amines) is 1. The number of unbranched alkanes of at least 4 members (excludes halogenated alkanes) is 2. The number of allylic oxidation sites excluding steroid dienone is 1. The number of ether oxygens (including phenoxy) is 1. The Labute approximate surface area is 316 Å². The third-order valence-corrected chi connectivity index (χ3v) is 16.4. The number of likely N-dealkylation sites (N-methyl/N-ethyl adjacent to an activating group) is 1. The minimum absolute atomic E-state index is 0.0974. The highest BCUT2D eigenvalue weighted by Gasteiger charge is 2.86. The van der Waals surface area contributed by atoms with E-state index in [9.17, 15) is 14.7 Å². The van der Waals surface area contributed by atoms with E-state index in [2.05, 4.69) is 60.3 Å². The Morgan fingerprint density at radius 3 is 2.31 bits per heavy atom. The van der Waals surface area contributed by atoms with E-state index in [-0.39, 0.29) is 30.0 Å². The molecule has 0 radical (unpaired) electrons. The van der Waals surface area contributed by atoms with Crippen LogP contribution in [0.5, 0.6) is 0 Å². The number of aldehydes is 1. The number of carboxylic acid groups (broad SMARTS) is 1. The highest BCUT2D eigenvalue weighted by atomic mass is 16.5. The van der Waals surface area contributed by atoms with Crippen molar-refractivity contribution in [3.05, 3.63) is 11.6 Å². The first-order valence-electron chi connectivity index (χ1n) is 22.1. The molecule has 0 amide bonds. The van der Waals surface area contributed by atoms with E-state index < -0.39 is 22.2 Å². The Bertz CT molecular complexity index is 1280. The summed E-state index contributed by atoms with van der Waals surface area (Å²) in [5.74, 6) is 0.988. The molecule has 7 rings (SSSR count). The number of piperidine rings is 1. The number of aliphatic carboxylic acids is 1. The van der Waals surface area contributed by atoms with Gasteiger partial charge in [-0.05, 0) is 100 Å². The molecule has 1 N–H and O–H groups in total. The molecule has 0 aromatic heterocycles. The number of hydrogen-bond acceptors (Lipinski definition) is 7. The molecule has 0 spiro atoms. The van der Waals surface area contributed by atoms with Gasteiger partial charge >= 0.3 is 5.97 Å². The van der Waals surface area contributed by atoms with Crippen LogP contribution in [-0.4, -0.2) is 128 Å². The van der Waals surface area contributed by atoms with Crippen LogP contribution in [0.1, 0.15) is 112 Å². The van der Waals surface area contributed by atoms with Crippen molar-refractivity contribution < 1.29 is 19.4 Å². The molecule has 294 valence electrons. The lowest BCUT2D eigenvalue weighted by Crippen LogP contribution is -2.65. The van der Waals surface area contributed by atoms with Crippen molar-refractivity contribution in [1.82, 2.24) is 19.6 Å². The lowest BCUT2D eigenvalue weighted by atomic mass is 9.41. The van der Waals surface area contributed by atoms with Crippen molar-refractivity contribution in [3.8, 4) is 0 Å². The van der Waals surface area contributed by atoms with Crippen molar-refractivity contribution in [2.24, 2.45) is 51.8 Å². The molecule has 6 fully saturated rings. The van der Waals surface area contributed by atoms with Gasteiger partial charge in [0, 0.05) is 64.3 Å². The SMILES string of the molecule is CCCCC[C@@H]1C[C@H](C23C[C@@H]4[C@H](C)CC[C@H]4C4(C=O)CC2C=C(C(C)C)[C@]43C(=O)O)O[C@H]1CN(CC)CCN1CCN(CCN2CCCCC2)CC1. The van der Waals surface area contributed by atoms with Crippen molar-refractivity contribution >= 4 is 12.3 Å². The summed E-state index contributed by atoms with van der Waals surface area (Å²) in [5.41, 5.74) is -1.48. The summed E-state index contributed by atoms with van der Waals surface area (Å²) in [6, 6.07) is 0. The minimum atomic E-state index is -1.15. The number of piperazine rings is 1. The molecule has 3 aliphatic heterocycles. The summed E-state index contributed by atoms with van der Waals surface area (Å²) >= 11 is 0. The highest BCUT2D eigenvalue weighted by Crippen LogP contribution is 2.84. The Morgan fingerprint density at radius 1 is 0.981 bits per heavy atom. The average molecular weight is 723 g/mol. The quantitative estimate of drug-likeness (QED) is 0.101. The average Bonchev–Trinajstić information content (AvgIpc) is 3.86. The molecule has 4 bridgehead atoms. The molecule has 3 saturated heterocycles. The normalized spacial score (nSPS) is 40.9. The van der Waals surface area contributed by atoms with Gasteiger partial charge in [0.1, 0.15) is 11.7 Å². The van der Waals surface area contributed by atoms with Crippen molar-refractivity contribution in [2.75, 3.05) is 78.5 Å². The number of carbonyl (C=O) groups excluding carboxylic acids is 1. The molecule has 52 heavy (non-hydrogen) atoms. The van der Waals surface area contributed by atoms with E-state index >= 15 is 0 Å². The lowest BCUT2D eigenvalue weighted by molar-refractivity contribution is -0.197. The zero-order valence-electron chi connectivity index (χ0n) is 33.7. The van der Waals surface area contributed by atoms with Crippen LogP contribution in [0.2, 0.25) is 0 Å². The molecule has 3 unspecified atom stereocenters.